The minimum atomic E-state index is -0.474. The third-order valence-corrected chi connectivity index (χ3v) is 3.76. The van der Waals surface area contributed by atoms with Crippen molar-refractivity contribution in [1.29, 1.82) is 0 Å². The lowest BCUT2D eigenvalue weighted by Gasteiger charge is -1.96. The molecule has 0 aliphatic rings. The van der Waals surface area contributed by atoms with Crippen LogP contribution >= 0.6 is 11.3 Å². The summed E-state index contributed by atoms with van der Waals surface area (Å²) in [6.07, 6.45) is 2.85. The lowest BCUT2D eigenvalue weighted by molar-refractivity contribution is -0.384. The van der Waals surface area contributed by atoms with Crippen molar-refractivity contribution in [3.63, 3.8) is 0 Å². The Hall–Kier alpha value is -2.54. The van der Waals surface area contributed by atoms with Crippen LogP contribution in [0.15, 0.2) is 30.3 Å². The van der Waals surface area contributed by atoms with Gasteiger partial charge in [0.05, 0.1) is 10.6 Å². The van der Waals surface area contributed by atoms with Crippen LogP contribution < -0.4 is 5.32 Å². The van der Waals surface area contributed by atoms with E-state index < -0.39 is 4.92 Å². The Morgan fingerprint density at radius 3 is 2.81 bits per heavy atom. The second-order valence-electron chi connectivity index (χ2n) is 4.34. The molecule has 1 aromatic heterocycles. The SMILES string of the molecule is Cc1nc(NC(=O)/C=C/c2cccc([N+](=O)[O-])c2)sc1C. The number of nitro groups is 1. The number of carbonyl (C=O) groups excluding carboxylic acids is 1. The van der Waals surface area contributed by atoms with Crippen molar-refractivity contribution in [2.75, 3.05) is 5.32 Å². The van der Waals surface area contributed by atoms with E-state index in [4.69, 9.17) is 0 Å². The fraction of sp³-hybridized carbons (Fsp3) is 0.143. The predicted octanol–water partition coefficient (Wildman–Crippen LogP) is 3.32. The molecule has 108 valence electrons. The van der Waals surface area contributed by atoms with E-state index in [-0.39, 0.29) is 11.6 Å². The third kappa shape index (κ3) is 3.96. The first-order chi connectivity index (χ1) is 9.95. The highest BCUT2D eigenvalue weighted by atomic mass is 32.1. The van der Waals surface area contributed by atoms with Gasteiger partial charge in [-0.3, -0.25) is 20.2 Å². The van der Waals surface area contributed by atoms with Crippen molar-refractivity contribution in [3.05, 3.63) is 56.6 Å². The smallest absolute Gasteiger partial charge is 0.270 e. The van der Waals surface area contributed by atoms with Gasteiger partial charge in [0.15, 0.2) is 5.13 Å². The van der Waals surface area contributed by atoms with E-state index in [1.807, 2.05) is 13.8 Å². The topological polar surface area (TPSA) is 85.1 Å². The molecule has 0 spiro atoms. The van der Waals surface area contributed by atoms with Gasteiger partial charge in [-0.15, -0.1) is 11.3 Å². The zero-order valence-corrected chi connectivity index (χ0v) is 12.3. The Morgan fingerprint density at radius 1 is 1.43 bits per heavy atom. The maximum absolute atomic E-state index is 11.8. The molecule has 1 heterocycles. The fourth-order valence-electron chi connectivity index (χ4n) is 1.59. The second kappa shape index (κ2) is 6.27. The lowest BCUT2D eigenvalue weighted by Crippen LogP contribution is -2.07. The number of benzene rings is 1. The van der Waals surface area contributed by atoms with Crippen LogP contribution in [0.1, 0.15) is 16.1 Å². The molecule has 0 radical (unpaired) electrons. The van der Waals surface area contributed by atoms with E-state index in [9.17, 15) is 14.9 Å². The van der Waals surface area contributed by atoms with Crippen molar-refractivity contribution in [3.8, 4) is 0 Å². The summed E-state index contributed by atoms with van der Waals surface area (Å²) in [5.41, 5.74) is 1.47. The van der Waals surface area contributed by atoms with Gasteiger partial charge in [0.2, 0.25) is 5.91 Å². The van der Waals surface area contributed by atoms with Crippen LogP contribution in [0.4, 0.5) is 10.8 Å². The first-order valence-electron chi connectivity index (χ1n) is 6.13. The molecule has 6 nitrogen and oxygen atoms in total. The van der Waals surface area contributed by atoms with Gasteiger partial charge in [-0.1, -0.05) is 12.1 Å². The van der Waals surface area contributed by atoms with Gasteiger partial charge < -0.3 is 0 Å². The van der Waals surface area contributed by atoms with Gasteiger partial charge >= 0.3 is 0 Å². The molecule has 2 aromatic rings. The van der Waals surface area contributed by atoms with E-state index in [1.165, 1.54) is 35.6 Å². The van der Waals surface area contributed by atoms with Crippen LogP contribution in [0, 0.1) is 24.0 Å². The van der Waals surface area contributed by atoms with E-state index >= 15 is 0 Å². The highest BCUT2D eigenvalue weighted by Crippen LogP contribution is 2.21. The molecule has 0 saturated carbocycles. The molecule has 0 aliphatic heterocycles. The Bertz CT molecular complexity index is 703. The van der Waals surface area contributed by atoms with E-state index in [2.05, 4.69) is 10.3 Å². The number of amides is 1. The average molecular weight is 303 g/mol. The van der Waals surface area contributed by atoms with Crippen molar-refractivity contribution < 1.29 is 9.72 Å². The van der Waals surface area contributed by atoms with Gasteiger partial charge in [-0.05, 0) is 25.5 Å². The zero-order chi connectivity index (χ0) is 15.4. The Kier molecular flexibility index (Phi) is 4.44. The molecule has 0 bridgehead atoms. The standard InChI is InChI=1S/C14H13N3O3S/c1-9-10(2)21-14(15-9)16-13(18)7-6-11-4-3-5-12(8-11)17(19)20/h3-8H,1-2H3,(H,15,16,18)/b7-6+. The summed E-state index contributed by atoms with van der Waals surface area (Å²) < 4.78 is 0. The number of aromatic nitrogens is 1. The van der Waals surface area contributed by atoms with E-state index in [0.717, 1.165) is 10.6 Å². The third-order valence-electron chi connectivity index (χ3n) is 2.77. The fourth-order valence-corrected chi connectivity index (χ4v) is 2.40. The molecule has 0 saturated heterocycles. The number of nitrogens with one attached hydrogen (secondary N) is 1. The Morgan fingerprint density at radius 2 is 2.19 bits per heavy atom. The molecule has 7 heteroatoms. The summed E-state index contributed by atoms with van der Waals surface area (Å²) in [5.74, 6) is -0.324. The molecule has 1 aromatic carbocycles. The summed E-state index contributed by atoms with van der Waals surface area (Å²) in [6, 6.07) is 6.07. The summed E-state index contributed by atoms with van der Waals surface area (Å²) in [6.45, 7) is 3.81. The number of thiazole rings is 1. The Balaban J connectivity index is 2.05. The average Bonchev–Trinajstić information content (AvgIpc) is 2.75. The second-order valence-corrected chi connectivity index (χ2v) is 5.54. The first kappa shape index (κ1) is 14.9. The van der Waals surface area contributed by atoms with Crippen LogP contribution in [-0.2, 0) is 4.79 Å². The molecule has 0 fully saturated rings. The summed E-state index contributed by atoms with van der Waals surface area (Å²) in [7, 11) is 0. The number of hydrogen-bond donors (Lipinski definition) is 1. The molecule has 21 heavy (non-hydrogen) atoms. The number of nitro benzene ring substituents is 1. The van der Waals surface area contributed by atoms with Crippen LogP contribution in [0.2, 0.25) is 0 Å². The number of hydrogen-bond acceptors (Lipinski definition) is 5. The first-order valence-corrected chi connectivity index (χ1v) is 6.95. The number of anilines is 1. The molecular weight excluding hydrogens is 290 g/mol. The number of carbonyl (C=O) groups is 1. The van der Waals surface area contributed by atoms with Crippen molar-refractivity contribution in [2.24, 2.45) is 0 Å². The van der Waals surface area contributed by atoms with Gasteiger partial charge in [0.1, 0.15) is 0 Å². The molecule has 0 atom stereocenters. The van der Waals surface area contributed by atoms with Crippen molar-refractivity contribution in [2.45, 2.75) is 13.8 Å². The normalized spacial score (nSPS) is 10.8. The van der Waals surface area contributed by atoms with Crippen LogP contribution in [0.5, 0.6) is 0 Å². The van der Waals surface area contributed by atoms with Crippen LogP contribution in [0.3, 0.4) is 0 Å². The highest BCUT2D eigenvalue weighted by molar-refractivity contribution is 7.15. The largest absolute Gasteiger partial charge is 0.298 e. The number of non-ortho nitro benzene ring substituents is 1. The minimum Gasteiger partial charge on any atom is -0.298 e. The molecule has 0 unspecified atom stereocenters. The van der Waals surface area contributed by atoms with Crippen LogP contribution in [-0.4, -0.2) is 15.8 Å². The van der Waals surface area contributed by atoms with Crippen molar-refractivity contribution in [1.82, 2.24) is 4.98 Å². The van der Waals surface area contributed by atoms with Gasteiger partial charge in [-0.2, -0.15) is 0 Å². The lowest BCUT2D eigenvalue weighted by atomic mass is 10.2. The van der Waals surface area contributed by atoms with Gasteiger partial charge in [0, 0.05) is 23.1 Å². The summed E-state index contributed by atoms with van der Waals surface area (Å²) in [4.78, 5) is 27.2. The van der Waals surface area contributed by atoms with Gasteiger partial charge in [-0.25, -0.2) is 4.98 Å². The monoisotopic (exact) mass is 303 g/mol. The van der Waals surface area contributed by atoms with Crippen molar-refractivity contribution >= 4 is 34.1 Å². The number of aryl methyl sites for hydroxylation is 2. The Labute approximate surface area is 125 Å². The number of nitrogens with zero attached hydrogens (tertiary/aromatic N) is 2. The molecule has 2 rings (SSSR count). The maximum atomic E-state index is 11.8. The maximum Gasteiger partial charge on any atom is 0.270 e. The molecule has 0 aliphatic carbocycles. The van der Waals surface area contributed by atoms with Crippen LogP contribution in [0.25, 0.3) is 6.08 Å². The zero-order valence-electron chi connectivity index (χ0n) is 11.5. The highest BCUT2D eigenvalue weighted by Gasteiger charge is 2.06. The minimum absolute atomic E-state index is 0.0104. The van der Waals surface area contributed by atoms with E-state index in [1.54, 1.807) is 12.1 Å². The van der Waals surface area contributed by atoms with Gasteiger partial charge in [0.25, 0.3) is 5.69 Å². The quantitative estimate of drug-likeness (QED) is 0.533. The molecular formula is C14H13N3O3S. The summed E-state index contributed by atoms with van der Waals surface area (Å²) >= 11 is 1.40. The molecule has 1 N–H and O–H groups in total. The van der Waals surface area contributed by atoms with E-state index in [0.29, 0.717) is 10.7 Å². The number of rotatable bonds is 4. The molecule has 1 amide bonds. The summed E-state index contributed by atoms with van der Waals surface area (Å²) in [5, 5.41) is 13.9. The predicted molar refractivity (Wildman–Crippen MR) is 82.3 cm³/mol.